The standard InChI is InChI=1S/C25H26FN3O4/c1-15(30)17-13-29-22-18(23(17)31)20(27)19(26)21(24(22)33-14-25(29)9-5-6-10-25)28-11-12-32-16-7-3-2-4-8-16/h2-4,7-8,13,28H,5-6,9-12,14,27H2,1H3. The Morgan fingerprint density at radius 3 is 2.70 bits per heavy atom. The minimum absolute atomic E-state index is 0.00672. The number of hydrogen-bond donors (Lipinski definition) is 2. The Kier molecular flexibility index (Phi) is 5.23. The minimum Gasteiger partial charge on any atom is -0.492 e. The maximum Gasteiger partial charge on any atom is 0.202 e. The summed E-state index contributed by atoms with van der Waals surface area (Å²) in [4.78, 5) is 25.4. The molecule has 2 aliphatic rings. The van der Waals surface area contributed by atoms with Gasteiger partial charge in [-0.05, 0) is 31.9 Å². The van der Waals surface area contributed by atoms with Crippen molar-refractivity contribution in [3.05, 3.63) is 58.1 Å². The zero-order valence-electron chi connectivity index (χ0n) is 18.4. The molecule has 0 bridgehead atoms. The SMILES string of the molecule is CC(=O)c1cn2c3c(c(NCCOc4ccccc4)c(F)c(N)c3c1=O)OCC21CCCC1. The van der Waals surface area contributed by atoms with Crippen LogP contribution in [0.15, 0.2) is 41.3 Å². The van der Waals surface area contributed by atoms with E-state index in [1.54, 1.807) is 6.20 Å². The molecule has 5 rings (SSSR count). The first-order chi connectivity index (χ1) is 15.9. The number of Topliss-reactive ketones (excluding diaryl/α,β-unsaturated/α-hetero) is 1. The van der Waals surface area contributed by atoms with Crippen LogP contribution in [0, 0.1) is 5.82 Å². The summed E-state index contributed by atoms with van der Waals surface area (Å²) in [5.74, 6) is -0.166. The van der Waals surface area contributed by atoms with Crippen LogP contribution < -0.4 is 26.0 Å². The van der Waals surface area contributed by atoms with Gasteiger partial charge in [0, 0.05) is 12.7 Å². The molecule has 3 aromatic rings. The third-order valence-electron chi connectivity index (χ3n) is 6.70. The fourth-order valence-electron chi connectivity index (χ4n) is 5.03. The number of rotatable bonds is 6. The Balaban J connectivity index is 1.60. The Hall–Kier alpha value is -3.55. The number of ketones is 1. The molecule has 7 nitrogen and oxygen atoms in total. The van der Waals surface area contributed by atoms with Crippen LogP contribution in [0.4, 0.5) is 15.8 Å². The van der Waals surface area contributed by atoms with E-state index < -0.39 is 11.2 Å². The van der Waals surface area contributed by atoms with Gasteiger partial charge in [-0.15, -0.1) is 0 Å². The highest BCUT2D eigenvalue weighted by atomic mass is 19.1. The van der Waals surface area contributed by atoms with Gasteiger partial charge in [0.15, 0.2) is 17.3 Å². The average Bonchev–Trinajstić information content (AvgIpc) is 3.28. The van der Waals surface area contributed by atoms with Crippen molar-refractivity contribution in [2.75, 3.05) is 30.8 Å². The molecule has 2 aromatic carbocycles. The number of anilines is 2. The minimum atomic E-state index is -0.760. The number of pyridine rings is 1. The number of carbonyl (C=O) groups excluding carboxylic acids is 1. The van der Waals surface area contributed by atoms with Gasteiger partial charge in [0.1, 0.15) is 24.7 Å². The molecule has 0 saturated heterocycles. The second kappa shape index (κ2) is 8.10. The Morgan fingerprint density at radius 1 is 1.27 bits per heavy atom. The molecule has 1 fully saturated rings. The number of nitrogens with one attached hydrogen (secondary N) is 1. The van der Waals surface area contributed by atoms with Gasteiger partial charge in [0.2, 0.25) is 5.43 Å². The monoisotopic (exact) mass is 451 g/mol. The molecule has 1 aromatic heterocycles. The zero-order chi connectivity index (χ0) is 23.2. The molecular formula is C25H26FN3O4. The Labute approximate surface area is 190 Å². The van der Waals surface area contributed by atoms with Crippen molar-refractivity contribution in [3.63, 3.8) is 0 Å². The second-order valence-corrected chi connectivity index (χ2v) is 8.76. The van der Waals surface area contributed by atoms with Crippen LogP contribution in [-0.4, -0.2) is 30.1 Å². The molecule has 33 heavy (non-hydrogen) atoms. The lowest BCUT2D eigenvalue weighted by molar-refractivity contribution is 0.101. The zero-order valence-corrected chi connectivity index (χ0v) is 18.4. The predicted octanol–water partition coefficient (Wildman–Crippen LogP) is 4.08. The number of fused-ring (bicyclic) bond motifs is 1. The summed E-state index contributed by atoms with van der Waals surface area (Å²) in [6.45, 7) is 2.27. The third kappa shape index (κ3) is 3.41. The van der Waals surface area contributed by atoms with Crippen LogP contribution in [0.5, 0.6) is 11.5 Å². The maximum absolute atomic E-state index is 15.4. The highest BCUT2D eigenvalue weighted by Crippen LogP contribution is 2.48. The summed E-state index contributed by atoms with van der Waals surface area (Å²) in [6, 6.07) is 9.33. The van der Waals surface area contributed by atoms with Crippen LogP contribution >= 0.6 is 0 Å². The number of nitrogens with two attached hydrogens (primary N) is 1. The van der Waals surface area contributed by atoms with Gasteiger partial charge in [-0.1, -0.05) is 31.0 Å². The molecule has 0 unspecified atom stereocenters. The lowest BCUT2D eigenvalue weighted by Crippen LogP contribution is -2.42. The molecule has 172 valence electrons. The van der Waals surface area contributed by atoms with E-state index >= 15 is 4.39 Å². The van der Waals surface area contributed by atoms with Crippen molar-refractivity contribution < 1.29 is 18.7 Å². The number of carbonyl (C=O) groups is 1. The number of halogens is 1. The number of ether oxygens (including phenoxy) is 2. The average molecular weight is 451 g/mol. The molecule has 0 atom stereocenters. The molecule has 2 heterocycles. The Bertz CT molecular complexity index is 1300. The molecule has 0 radical (unpaired) electrons. The smallest absolute Gasteiger partial charge is 0.202 e. The summed E-state index contributed by atoms with van der Waals surface area (Å²) in [6.07, 6.45) is 5.35. The predicted molar refractivity (Wildman–Crippen MR) is 125 cm³/mol. The fourth-order valence-corrected chi connectivity index (χ4v) is 5.03. The molecule has 8 heteroatoms. The van der Waals surface area contributed by atoms with Crippen LogP contribution in [-0.2, 0) is 5.54 Å². The van der Waals surface area contributed by atoms with E-state index in [1.807, 2.05) is 34.9 Å². The van der Waals surface area contributed by atoms with Crippen LogP contribution in [0.3, 0.4) is 0 Å². The van der Waals surface area contributed by atoms with Crippen molar-refractivity contribution >= 4 is 28.1 Å². The van der Waals surface area contributed by atoms with E-state index in [2.05, 4.69) is 5.32 Å². The van der Waals surface area contributed by atoms with Crippen molar-refractivity contribution in [1.29, 1.82) is 0 Å². The van der Waals surface area contributed by atoms with Gasteiger partial charge >= 0.3 is 0 Å². The van der Waals surface area contributed by atoms with E-state index in [9.17, 15) is 9.59 Å². The molecular weight excluding hydrogens is 425 g/mol. The van der Waals surface area contributed by atoms with Gasteiger partial charge in [0.05, 0.1) is 27.7 Å². The normalized spacial score (nSPS) is 16.1. The first kappa shape index (κ1) is 21.3. The van der Waals surface area contributed by atoms with E-state index in [0.717, 1.165) is 25.7 Å². The fraction of sp³-hybridized carbons (Fsp3) is 0.360. The van der Waals surface area contributed by atoms with Gasteiger partial charge in [-0.3, -0.25) is 9.59 Å². The quantitative estimate of drug-likeness (QED) is 0.333. The number of nitrogen functional groups attached to an aromatic ring is 1. The maximum atomic E-state index is 15.4. The summed E-state index contributed by atoms with van der Waals surface area (Å²) >= 11 is 0. The number of benzene rings is 2. The van der Waals surface area contributed by atoms with Crippen molar-refractivity contribution in [2.24, 2.45) is 0 Å². The lowest BCUT2D eigenvalue weighted by Gasteiger charge is -2.39. The molecule has 1 aliphatic carbocycles. The van der Waals surface area contributed by atoms with E-state index in [4.69, 9.17) is 15.2 Å². The van der Waals surface area contributed by atoms with Crippen molar-refractivity contribution in [2.45, 2.75) is 38.1 Å². The summed E-state index contributed by atoms with van der Waals surface area (Å²) in [7, 11) is 0. The lowest BCUT2D eigenvalue weighted by atomic mass is 9.93. The number of para-hydroxylation sites is 1. The van der Waals surface area contributed by atoms with Crippen molar-refractivity contribution in [1.82, 2.24) is 4.57 Å². The van der Waals surface area contributed by atoms with E-state index in [-0.39, 0.29) is 39.4 Å². The largest absolute Gasteiger partial charge is 0.492 e. The van der Waals surface area contributed by atoms with Crippen LogP contribution in [0.2, 0.25) is 0 Å². The number of aromatic nitrogens is 1. The van der Waals surface area contributed by atoms with Gasteiger partial charge in [0.25, 0.3) is 0 Å². The summed E-state index contributed by atoms with van der Waals surface area (Å²) in [5, 5.41) is 3.05. The first-order valence-corrected chi connectivity index (χ1v) is 11.2. The second-order valence-electron chi connectivity index (χ2n) is 8.76. The van der Waals surface area contributed by atoms with Gasteiger partial charge in [-0.2, -0.15) is 0 Å². The van der Waals surface area contributed by atoms with Crippen LogP contribution in [0.25, 0.3) is 10.9 Å². The first-order valence-electron chi connectivity index (χ1n) is 11.2. The topological polar surface area (TPSA) is 95.6 Å². The molecule has 0 amide bonds. The molecule has 1 aliphatic heterocycles. The summed E-state index contributed by atoms with van der Waals surface area (Å²) in [5.41, 5.74) is 5.52. The third-order valence-corrected chi connectivity index (χ3v) is 6.70. The van der Waals surface area contributed by atoms with E-state index in [1.165, 1.54) is 6.92 Å². The summed E-state index contributed by atoms with van der Waals surface area (Å²) < 4.78 is 29.2. The molecule has 3 N–H and O–H groups in total. The number of nitrogens with zero attached hydrogens (tertiary/aromatic N) is 1. The Morgan fingerprint density at radius 2 is 2.00 bits per heavy atom. The van der Waals surface area contributed by atoms with Gasteiger partial charge in [-0.25, -0.2) is 4.39 Å². The molecule has 1 saturated carbocycles. The van der Waals surface area contributed by atoms with E-state index in [0.29, 0.717) is 31.0 Å². The number of hydrogen-bond acceptors (Lipinski definition) is 6. The highest BCUT2D eigenvalue weighted by molar-refractivity contribution is 6.04. The van der Waals surface area contributed by atoms with Crippen LogP contribution in [0.1, 0.15) is 43.0 Å². The van der Waals surface area contributed by atoms with Gasteiger partial charge < -0.3 is 25.1 Å². The highest BCUT2D eigenvalue weighted by Gasteiger charge is 2.42. The molecule has 1 spiro atoms. The van der Waals surface area contributed by atoms with Crippen molar-refractivity contribution in [3.8, 4) is 11.5 Å².